The Morgan fingerprint density at radius 1 is 0.450 bits per heavy atom. The molecular formula is C96H98ClF5N20O6S3. The van der Waals surface area contributed by atoms with E-state index >= 15 is 0 Å². The van der Waals surface area contributed by atoms with Gasteiger partial charge in [0, 0.05) is 101 Å². The van der Waals surface area contributed by atoms with Crippen molar-refractivity contribution in [2.75, 3.05) is 13.1 Å². The Kier molecular flexibility index (Phi) is 23.1. The number of alkyl halides is 2. The third-order valence-corrected chi connectivity index (χ3v) is 33.8. The van der Waals surface area contributed by atoms with Crippen LogP contribution in [0.5, 0.6) is 0 Å². The summed E-state index contributed by atoms with van der Waals surface area (Å²) in [6.45, 7) is 5.09. The molecule has 9 aromatic heterocycles. The molecule has 9 aliphatic rings. The molecule has 9 atom stereocenters. The molecule has 0 bridgehead atoms. The zero-order valence-corrected chi connectivity index (χ0v) is 76.2. The lowest BCUT2D eigenvalue weighted by atomic mass is 9.60. The number of pyridine rings is 3. The van der Waals surface area contributed by atoms with Crippen LogP contribution >= 0.6 is 11.6 Å². The van der Waals surface area contributed by atoms with Crippen LogP contribution in [0.1, 0.15) is 173 Å². The molecule has 3 aromatic carbocycles. The number of ketones is 3. The Balaban J connectivity index is 0.000000127. The van der Waals surface area contributed by atoms with E-state index in [9.17, 15) is 49.0 Å². The summed E-state index contributed by atoms with van der Waals surface area (Å²) in [6, 6.07) is 27.5. The highest BCUT2D eigenvalue weighted by Gasteiger charge is 2.58. The van der Waals surface area contributed by atoms with E-state index < -0.39 is 76.2 Å². The average Bonchev–Trinajstić information content (AvgIpc) is 1.69. The van der Waals surface area contributed by atoms with Gasteiger partial charge in [0.2, 0.25) is 10.3 Å². The van der Waals surface area contributed by atoms with E-state index in [0.717, 1.165) is 98.7 Å². The van der Waals surface area contributed by atoms with Crippen LogP contribution in [0.2, 0.25) is 5.02 Å². The lowest BCUT2D eigenvalue weighted by molar-refractivity contribution is -0.115. The van der Waals surface area contributed by atoms with Crippen molar-refractivity contribution < 1.29 is 49.0 Å². The molecule has 9 aliphatic carbocycles. The van der Waals surface area contributed by atoms with Crippen LogP contribution < -0.4 is 0 Å². The number of allylic oxidation sites excluding steroid dienone is 3. The predicted molar refractivity (Wildman–Crippen MR) is 490 cm³/mol. The first-order valence-corrected chi connectivity index (χ1v) is 49.3. The van der Waals surface area contributed by atoms with Crippen LogP contribution in [-0.2, 0) is 69.5 Å². The van der Waals surface area contributed by atoms with Crippen molar-refractivity contribution in [1.82, 2.24) is 96.5 Å². The Morgan fingerprint density at radius 3 is 1.15 bits per heavy atom. The van der Waals surface area contributed by atoms with Gasteiger partial charge in [-0.05, 0) is 301 Å². The van der Waals surface area contributed by atoms with E-state index in [1.165, 1.54) is 58.3 Å². The van der Waals surface area contributed by atoms with Crippen molar-refractivity contribution in [3.8, 4) is 17.1 Å². The van der Waals surface area contributed by atoms with E-state index in [0.29, 0.717) is 128 Å². The molecule has 35 heteroatoms. The molecule has 131 heavy (non-hydrogen) atoms. The van der Waals surface area contributed by atoms with Gasteiger partial charge in [-0.3, -0.25) is 43.4 Å². The fourth-order valence-electron chi connectivity index (χ4n) is 20.5. The summed E-state index contributed by atoms with van der Waals surface area (Å²) in [6.07, 6.45) is 31.8. The summed E-state index contributed by atoms with van der Waals surface area (Å²) in [4.78, 5) is 66.3. The molecule has 0 radical (unpaired) electrons. The van der Waals surface area contributed by atoms with Crippen molar-refractivity contribution >= 4 is 93.9 Å². The number of hydrogen-bond acceptors (Lipinski definition) is 17. The molecule has 678 valence electrons. The highest BCUT2D eigenvalue weighted by Crippen LogP contribution is 2.57. The van der Waals surface area contributed by atoms with Crippen LogP contribution in [0.3, 0.4) is 0 Å². The van der Waals surface area contributed by atoms with Crippen LogP contribution in [-0.4, -0.2) is 187 Å². The average molecular weight is 1850 g/mol. The number of halogens is 6. The van der Waals surface area contributed by atoms with Gasteiger partial charge in [0.25, 0.3) is 5.92 Å². The molecule has 6 saturated carbocycles. The number of nitrogens with zero attached hydrogens (tertiary/aromatic N) is 20. The molecule has 12 aromatic rings. The maximum Gasteiger partial charge on any atom is 0.251 e. The van der Waals surface area contributed by atoms with Gasteiger partial charge in [0.15, 0.2) is 17.3 Å². The van der Waals surface area contributed by atoms with Crippen molar-refractivity contribution in [2.45, 2.75) is 175 Å². The van der Waals surface area contributed by atoms with Gasteiger partial charge in [0.1, 0.15) is 47.2 Å². The fraction of sp³-hybridized carbons (Fsp3) is 0.365. The lowest BCUT2D eigenvalue weighted by Crippen LogP contribution is -2.59. The molecule has 0 spiro atoms. The molecule has 6 fully saturated rings. The highest BCUT2D eigenvalue weighted by atomic mass is 35.5. The van der Waals surface area contributed by atoms with Gasteiger partial charge < -0.3 is 0 Å². The smallest absolute Gasteiger partial charge is 0.251 e. The molecule has 26 nitrogen and oxygen atoms in total. The van der Waals surface area contributed by atoms with Crippen LogP contribution in [0.25, 0.3) is 35.3 Å². The molecule has 0 saturated heterocycles. The largest absolute Gasteiger partial charge is 0.291 e. The van der Waals surface area contributed by atoms with Crippen LogP contribution in [0, 0.1) is 59.4 Å². The van der Waals surface area contributed by atoms with Gasteiger partial charge in [-0.25, -0.2) is 71.5 Å². The fourth-order valence-corrected chi connectivity index (χ4v) is 26.3. The number of Topliss-reactive ketones (excluding diaryl/α,β-unsaturated/α-hetero) is 3. The first kappa shape index (κ1) is 88.6. The first-order chi connectivity index (χ1) is 62.6. The quantitative estimate of drug-likeness (QED) is 0.0327. The van der Waals surface area contributed by atoms with Crippen molar-refractivity contribution in [3.05, 3.63) is 273 Å². The SMILES string of the molecule is C=S(=O)(c1cnn(C)c1)N(C1CC(F)(F)C1)[C@H]1CCC2=Cc3c(cnn3-c3ccc(F)cc3)C[C@]2(C(=O)c2cc(C)ccn2)C1.C=S(=O)(c1ncn(C)n1)N(CC1CC1)[C@H]1CCC2=Cc3c(cnn3-c3ccc(F)cc3)C[C@]2(C(=O)c2cc(C)ccn2)C1.C=S(=O)(c1ncn(C)n1)N(CC1CC1)[C@H]1CCC2=Cc3c(cnn3-c3ccc(F)cc3)C[C@]2(C(=O)c2cc(Cl)ccn2)C1. The van der Waals surface area contributed by atoms with Crippen molar-refractivity contribution in [1.29, 1.82) is 0 Å². The minimum atomic E-state index is -3.22. The van der Waals surface area contributed by atoms with Crippen LogP contribution in [0.4, 0.5) is 22.0 Å². The molecule has 0 N–H and O–H groups in total. The van der Waals surface area contributed by atoms with Gasteiger partial charge in [-0.15, -0.1) is 10.2 Å². The second kappa shape index (κ2) is 34.2. The van der Waals surface area contributed by atoms with E-state index in [1.54, 1.807) is 144 Å². The summed E-state index contributed by atoms with van der Waals surface area (Å²) >= 11 is 6.32. The number of fused-ring (bicyclic) bond motifs is 6. The molecular weight excluding hydrogens is 1760 g/mol. The zero-order valence-electron chi connectivity index (χ0n) is 73.0. The van der Waals surface area contributed by atoms with E-state index in [1.807, 2.05) is 51.4 Å². The second-order valence-corrected chi connectivity index (χ2v) is 43.5. The number of aryl methyl sites for hydroxylation is 5. The number of rotatable bonds is 23. The number of benzene rings is 3. The molecule has 9 heterocycles. The van der Waals surface area contributed by atoms with Crippen LogP contribution in [0.15, 0.2) is 203 Å². The zero-order chi connectivity index (χ0) is 91.6. The van der Waals surface area contributed by atoms with Crippen molar-refractivity contribution in [2.24, 2.45) is 49.2 Å². The summed E-state index contributed by atoms with van der Waals surface area (Å²) in [5, 5.41) is 27.7. The normalized spacial score (nSPS) is 23.2. The number of carbonyl (C=O) groups is 3. The van der Waals surface area contributed by atoms with Gasteiger partial charge >= 0.3 is 0 Å². The highest BCUT2D eigenvalue weighted by molar-refractivity contribution is 7.98. The third-order valence-electron chi connectivity index (χ3n) is 27.4. The lowest BCUT2D eigenvalue weighted by Gasteiger charge is -2.52. The van der Waals surface area contributed by atoms with E-state index in [4.69, 9.17) is 11.6 Å². The van der Waals surface area contributed by atoms with Gasteiger partial charge in [0.05, 0.1) is 109 Å². The summed E-state index contributed by atoms with van der Waals surface area (Å²) < 4.78 is 129. The topological polar surface area (TPSA) is 284 Å². The first-order valence-electron chi connectivity index (χ1n) is 43.9. The minimum absolute atomic E-state index is 0.0368. The minimum Gasteiger partial charge on any atom is -0.291 e. The Hall–Kier alpha value is -11.7. The third kappa shape index (κ3) is 17.0. The Bertz CT molecular complexity index is 6700. The molecule has 21 rings (SSSR count). The summed E-state index contributed by atoms with van der Waals surface area (Å²) in [5.41, 5.74) is 10.3. The number of carbonyl (C=O) groups excluding carboxylic acids is 3. The second-order valence-electron chi connectivity index (χ2n) is 36.6. The maximum absolute atomic E-state index is 14.7. The maximum atomic E-state index is 14.7. The van der Waals surface area contributed by atoms with Gasteiger partial charge in [-0.2, -0.15) is 20.4 Å². The summed E-state index contributed by atoms with van der Waals surface area (Å²) in [5.74, 6) is 9.19. The van der Waals surface area contributed by atoms with Gasteiger partial charge in [-0.1, -0.05) is 28.3 Å². The number of aromatic nitrogens is 17. The standard InChI is InChI=1S/C33H33F3N6O2S.C32H34FN7O2S.C31H31ClFN7O2S/c1-21-10-11-37-29(12-21)31(43)32-14-22-18-39-41(25-8-5-24(34)6-9-25)30(22)13-23(32)4-7-26(15-32)42(27-16-33(35,36)17-27)45(3,44)28-19-38-40(2)20-28;1-21-12-13-34-28(14-21)30(41)32-16-23-18-36-40(26-10-7-25(33)8-11-26)29(23)15-24(32)6-9-27(17-32)39(19-22-4-5-22)43(3,42)31-35-20-38(2)37-31;1-38-19-35-30(37-38)43(2,42)39(18-20-3-4-20)26-8-5-22-13-28-21(17-36-40(28)25-9-6-24(33)7-10-25)15-31(22,16-26)29(41)27-14-23(32)11-12-34-27/h5-6,8-13,18-20,26-27H,3-4,7,14-17H2,1-2H3;7-8,10-15,18,20,22,27H,3-6,9,16-17,19H2,1-2H3;6-7,9-14,17,19-20,26H,2-5,8,15-16,18H2,1H3/t26-,32-,45?;27-,32-,43?;26-,31-,43?/m000/s1. The predicted octanol–water partition coefficient (Wildman–Crippen LogP) is 15.2. The molecule has 0 aliphatic heterocycles. The van der Waals surface area contributed by atoms with E-state index in [-0.39, 0.29) is 63.6 Å². The van der Waals surface area contributed by atoms with Crippen molar-refractivity contribution in [3.63, 3.8) is 0 Å². The Morgan fingerprint density at radius 2 is 0.817 bits per heavy atom. The molecule has 3 unspecified atom stereocenters. The summed E-state index contributed by atoms with van der Waals surface area (Å²) in [7, 11) is -4.04. The molecule has 0 amide bonds. The number of hydrogen-bond donors (Lipinski definition) is 0. The van der Waals surface area contributed by atoms with E-state index in [2.05, 4.69) is 85.3 Å². The Labute approximate surface area is 761 Å². The monoisotopic (exact) mass is 1850 g/mol.